The van der Waals surface area contributed by atoms with Crippen LogP contribution in [0, 0.1) is 0 Å². The van der Waals surface area contributed by atoms with Crippen molar-refractivity contribution in [1.82, 2.24) is 5.32 Å². The summed E-state index contributed by atoms with van der Waals surface area (Å²) in [5, 5.41) is 14.0. The zero-order valence-corrected chi connectivity index (χ0v) is 10.3. The summed E-state index contributed by atoms with van der Waals surface area (Å²) in [5.41, 5.74) is 0. The van der Waals surface area contributed by atoms with Gasteiger partial charge in [-0.15, -0.1) is 23.1 Å². The van der Waals surface area contributed by atoms with Crippen LogP contribution in [0.1, 0.15) is 10.3 Å². The normalized spacial score (nSPS) is 26.6. The van der Waals surface area contributed by atoms with Crippen molar-refractivity contribution in [2.45, 2.75) is 11.4 Å². The fourth-order valence-electron chi connectivity index (χ4n) is 1.24. The molecule has 0 aromatic carbocycles. The Hall–Kier alpha value is -0.0400. The van der Waals surface area contributed by atoms with Crippen molar-refractivity contribution in [3.63, 3.8) is 0 Å². The Morgan fingerprint density at radius 2 is 2.50 bits per heavy atom. The monoisotopic (exact) mass is 293 g/mol. The van der Waals surface area contributed by atoms with Gasteiger partial charge in [-0.1, -0.05) is 0 Å². The fraction of sp³-hybridized carbons (Fsp3) is 0.375. The molecule has 1 aliphatic heterocycles. The largest absolute Gasteiger partial charge is 0.480 e. The molecule has 0 bridgehead atoms. The highest BCUT2D eigenvalue weighted by molar-refractivity contribution is 9.10. The highest BCUT2D eigenvalue weighted by Gasteiger charge is 2.30. The Morgan fingerprint density at radius 3 is 3.00 bits per heavy atom. The van der Waals surface area contributed by atoms with Crippen LogP contribution in [0.25, 0.3) is 0 Å². The minimum Gasteiger partial charge on any atom is -0.480 e. The van der Waals surface area contributed by atoms with E-state index in [4.69, 9.17) is 5.11 Å². The highest BCUT2D eigenvalue weighted by atomic mass is 79.9. The van der Waals surface area contributed by atoms with Gasteiger partial charge in [0.25, 0.3) is 0 Å². The van der Waals surface area contributed by atoms with Crippen LogP contribution in [0.3, 0.4) is 0 Å². The van der Waals surface area contributed by atoms with Crippen molar-refractivity contribution >= 4 is 45.0 Å². The molecule has 1 aliphatic rings. The maximum Gasteiger partial charge on any atom is 0.321 e. The second-order valence-electron chi connectivity index (χ2n) is 2.94. The van der Waals surface area contributed by atoms with Crippen molar-refractivity contribution in [2.75, 3.05) is 5.75 Å². The summed E-state index contributed by atoms with van der Waals surface area (Å²) in [4.78, 5) is 11.9. The first-order valence-corrected chi connectivity index (χ1v) is 6.73. The lowest BCUT2D eigenvalue weighted by atomic mass is 10.3. The Labute approximate surface area is 98.0 Å². The van der Waals surface area contributed by atoms with Gasteiger partial charge >= 0.3 is 5.97 Å². The van der Waals surface area contributed by atoms with E-state index in [1.165, 1.54) is 4.88 Å². The number of hydrogen-bond acceptors (Lipinski definition) is 4. The zero-order chi connectivity index (χ0) is 10.1. The minimum absolute atomic E-state index is 0.132. The molecule has 1 unspecified atom stereocenters. The molecule has 0 radical (unpaired) electrons. The Kier molecular flexibility index (Phi) is 3.16. The zero-order valence-electron chi connectivity index (χ0n) is 7.07. The molecule has 1 aromatic rings. The van der Waals surface area contributed by atoms with Gasteiger partial charge in [-0.2, -0.15) is 0 Å². The van der Waals surface area contributed by atoms with Crippen molar-refractivity contribution in [3.8, 4) is 0 Å². The molecule has 0 amide bonds. The van der Waals surface area contributed by atoms with E-state index in [1.54, 1.807) is 23.1 Å². The first-order chi connectivity index (χ1) is 6.66. The SMILES string of the molecule is O=C(O)[C@@H]1CSC(c2cc(Br)cs2)N1. The van der Waals surface area contributed by atoms with E-state index in [2.05, 4.69) is 21.2 Å². The summed E-state index contributed by atoms with van der Waals surface area (Å²) in [7, 11) is 0. The van der Waals surface area contributed by atoms with E-state index in [-0.39, 0.29) is 5.37 Å². The molecule has 0 saturated carbocycles. The molecule has 2 atom stereocenters. The van der Waals surface area contributed by atoms with Crippen LogP contribution in [0.15, 0.2) is 15.9 Å². The van der Waals surface area contributed by atoms with E-state index in [9.17, 15) is 4.79 Å². The molecule has 2 heterocycles. The Balaban J connectivity index is 2.05. The van der Waals surface area contributed by atoms with Gasteiger partial charge in [-0.25, -0.2) is 0 Å². The van der Waals surface area contributed by atoms with Gasteiger partial charge in [0.2, 0.25) is 0 Å². The van der Waals surface area contributed by atoms with Crippen LogP contribution < -0.4 is 5.32 Å². The average Bonchev–Trinajstić information content (AvgIpc) is 2.70. The number of thioether (sulfide) groups is 1. The number of carboxylic acid groups (broad SMARTS) is 1. The van der Waals surface area contributed by atoms with E-state index in [0.29, 0.717) is 5.75 Å². The molecule has 0 aliphatic carbocycles. The van der Waals surface area contributed by atoms with E-state index in [1.807, 2.05) is 11.4 Å². The molecule has 3 nitrogen and oxygen atoms in total. The highest BCUT2D eigenvalue weighted by Crippen LogP contribution is 2.37. The molecular formula is C8H8BrNO2S2. The van der Waals surface area contributed by atoms with Crippen molar-refractivity contribution in [2.24, 2.45) is 0 Å². The lowest BCUT2D eigenvalue weighted by Gasteiger charge is -2.07. The number of carbonyl (C=O) groups is 1. The third kappa shape index (κ3) is 2.13. The number of nitrogens with one attached hydrogen (secondary N) is 1. The van der Waals surface area contributed by atoms with Gasteiger partial charge in [-0.3, -0.25) is 10.1 Å². The predicted octanol–water partition coefficient (Wildman–Crippen LogP) is 2.30. The summed E-state index contributed by atoms with van der Waals surface area (Å²) in [6.45, 7) is 0. The third-order valence-corrected chi connectivity index (χ3v) is 5.08. The number of aliphatic carboxylic acids is 1. The van der Waals surface area contributed by atoms with E-state index >= 15 is 0 Å². The van der Waals surface area contributed by atoms with Crippen LogP contribution in [0.2, 0.25) is 0 Å². The van der Waals surface area contributed by atoms with Gasteiger partial charge in [0.15, 0.2) is 0 Å². The summed E-state index contributed by atoms with van der Waals surface area (Å²) in [6.07, 6.45) is 0. The minimum atomic E-state index is -0.768. The van der Waals surface area contributed by atoms with Crippen molar-refractivity contribution < 1.29 is 9.90 Å². The summed E-state index contributed by atoms with van der Waals surface area (Å²) >= 11 is 6.66. The second kappa shape index (κ2) is 4.22. The van der Waals surface area contributed by atoms with Crippen LogP contribution in [-0.2, 0) is 4.79 Å². The summed E-state index contributed by atoms with van der Waals surface area (Å²) in [6, 6.07) is 1.62. The Bertz CT molecular complexity index is 355. The van der Waals surface area contributed by atoms with Crippen LogP contribution in [-0.4, -0.2) is 22.9 Å². The van der Waals surface area contributed by atoms with Gasteiger partial charge in [-0.05, 0) is 22.0 Å². The molecule has 1 aromatic heterocycles. The predicted molar refractivity (Wildman–Crippen MR) is 61.8 cm³/mol. The number of carboxylic acids is 1. The first-order valence-electron chi connectivity index (χ1n) is 4.01. The molecule has 14 heavy (non-hydrogen) atoms. The third-order valence-electron chi connectivity index (χ3n) is 1.93. The van der Waals surface area contributed by atoms with Gasteiger partial charge in [0, 0.05) is 20.5 Å². The van der Waals surface area contributed by atoms with Gasteiger partial charge < -0.3 is 5.11 Å². The molecule has 2 rings (SSSR count). The molecule has 76 valence electrons. The molecular weight excluding hydrogens is 286 g/mol. The van der Waals surface area contributed by atoms with Gasteiger partial charge in [0.1, 0.15) is 6.04 Å². The molecule has 1 saturated heterocycles. The molecule has 1 fully saturated rings. The fourth-order valence-corrected chi connectivity index (χ4v) is 4.11. The first kappa shape index (κ1) is 10.5. The molecule has 6 heteroatoms. The van der Waals surface area contributed by atoms with E-state index in [0.717, 1.165) is 4.47 Å². The van der Waals surface area contributed by atoms with Gasteiger partial charge in [0.05, 0.1) is 5.37 Å². The van der Waals surface area contributed by atoms with Crippen molar-refractivity contribution in [3.05, 3.63) is 20.8 Å². The second-order valence-corrected chi connectivity index (χ2v) is 5.93. The smallest absolute Gasteiger partial charge is 0.321 e. The van der Waals surface area contributed by atoms with E-state index < -0.39 is 12.0 Å². The standard InChI is InChI=1S/C8H8BrNO2S2/c9-4-1-6(13-2-4)7-10-5(3-14-7)8(11)12/h1-2,5,7,10H,3H2,(H,11,12)/t5-,7?/m0/s1. The summed E-state index contributed by atoms with van der Waals surface area (Å²) in [5.74, 6) is -0.133. The maximum atomic E-state index is 10.7. The molecule has 0 spiro atoms. The number of hydrogen-bond donors (Lipinski definition) is 2. The van der Waals surface area contributed by atoms with Crippen LogP contribution in [0.4, 0.5) is 0 Å². The average molecular weight is 294 g/mol. The quantitative estimate of drug-likeness (QED) is 0.878. The number of halogens is 1. The summed E-state index contributed by atoms with van der Waals surface area (Å²) < 4.78 is 1.05. The Morgan fingerprint density at radius 1 is 1.71 bits per heavy atom. The van der Waals surface area contributed by atoms with Crippen LogP contribution in [0.5, 0.6) is 0 Å². The lowest BCUT2D eigenvalue weighted by Crippen LogP contribution is -2.33. The van der Waals surface area contributed by atoms with Crippen LogP contribution >= 0.6 is 39.0 Å². The van der Waals surface area contributed by atoms with Crippen molar-refractivity contribution in [1.29, 1.82) is 0 Å². The lowest BCUT2D eigenvalue weighted by molar-refractivity contribution is -0.138. The number of rotatable bonds is 2. The topological polar surface area (TPSA) is 49.3 Å². The molecule has 2 N–H and O–H groups in total. The maximum absolute atomic E-state index is 10.7. The number of thiophene rings is 1.